The van der Waals surface area contributed by atoms with Gasteiger partial charge in [0.1, 0.15) is 11.0 Å². The molecule has 2 aromatic carbocycles. The first-order chi connectivity index (χ1) is 13.3. The molecule has 1 unspecified atom stereocenters. The Balaban J connectivity index is 1.71. The van der Waals surface area contributed by atoms with Crippen LogP contribution in [0.3, 0.4) is 0 Å². The molecule has 0 N–H and O–H groups in total. The minimum atomic E-state index is -3.81. The Morgan fingerprint density at radius 1 is 1.18 bits per heavy atom. The monoisotopic (exact) mass is 442 g/mol. The van der Waals surface area contributed by atoms with E-state index in [0.717, 1.165) is 5.56 Å². The molecule has 1 heterocycles. The highest BCUT2D eigenvalue weighted by Gasteiger charge is 2.36. The van der Waals surface area contributed by atoms with E-state index in [1.165, 1.54) is 21.3 Å². The molecule has 28 heavy (non-hydrogen) atoms. The minimum absolute atomic E-state index is 0.0271. The van der Waals surface area contributed by atoms with Crippen LogP contribution >= 0.6 is 23.2 Å². The molecule has 1 amide bonds. The highest BCUT2D eigenvalue weighted by atomic mass is 35.5. The second kappa shape index (κ2) is 8.80. The first-order valence-electron chi connectivity index (χ1n) is 8.65. The molecule has 0 radical (unpaired) electrons. The van der Waals surface area contributed by atoms with Gasteiger partial charge in [-0.2, -0.15) is 4.31 Å². The van der Waals surface area contributed by atoms with E-state index >= 15 is 0 Å². The molecule has 0 aromatic heterocycles. The van der Waals surface area contributed by atoms with E-state index in [1.807, 2.05) is 12.1 Å². The lowest BCUT2D eigenvalue weighted by Crippen LogP contribution is -2.51. The highest BCUT2D eigenvalue weighted by molar-refractivity contribution is 7.89. The molecule has 0 aliphatic carbocycles. The summed E-state index contributed by atoms with van der Waals surface area (Å²) in [6.45, 7) is 0.609. The van der Waals surface area contributed by atoms with E-state index < -0.39 is 16.1 Å². The van der Waals surface area contributed by atoms with Gasteiger partial charge in [-0.15, -0.1) is 0 Å². The topological polar surface area (TPSA) is 66.9 Å². The summed E-state index contributed by atoms with van der Waals surface area (Å²) in [6, 6.07) is 13.4. The molecule has 1 atom stereocenters. The van der Waals surface area contributed by atoms with Crippen LogP contribution in [0.1, 0.15) is 5.56 Å². The van der Waals surface area contributed by atoms with Crippen molar-refractivity contribution in [1.29, 1.82) is 0 Å². The van der Waals surface area contributed by atoms with Crippen LogP contribution in [0, 0.1) is 0 Å². The van der Waals surface area contributed by atoms with Gasteiger partial charge in [0.15, 0.2) is 0 Å². The number of amides is 1. The van der Waals surface area contributed by atoms with E-state index in [1.54, 1.807) is 31.3 Å². The Morgan fingerprint density at radius 2 is 1.86 bits per heavy atom. The number of halogens is 2. The van der Waals surface area contributed by atoms with E-state index in [4.69, 9.17) is 27.9 Å². The fourth-order valence-electron chi connectivity index (χ4n) is 2.97. The quantitative estimate of drug-likeness (QED) is 0.713. The molecule has 1 saturated heterocycles. The highest BCUT2D eigenvalue weighted by Crippen LogP contribution is 2.26. The summed E-state index contributed by atoms with van der Waals surface area (Å²) in [7, 11) is -2.16. The normalized spacial score (nSPS) is 18.0. The van der Waals surface area contributed by atoms with Crippen molar-refractivity contribution >= 4 is 39.1 Å². The summed E-state index contributed by atoms with van der Waals surface area (Å²) in [6.07, 6.45) is -0.872. The zero-order chi connectivity index (χ0) is 20.3. The molecule has 0 spiro atoms. The van der Waals surface area contributed by atoms with E-state index in [2.05, 4.69) is 0 Å². The van der Waals surface area contributed by atoms with Crippen molar-refractivity contribution < 1.29 is 17.9 Å². The molecule has 1 aliphatic heterocycles. The molecular weight excluding hydrogens is 423 g/mol. The summed E-state index contributed by atoms with van der Waals surface area (Å²) in [5.41, 5.74) is 0.914. The molecule has 9 heteroatoms. The molecule has 1 aliphatic rings. The van der Waals surface area contributed by atoms with Crippen molar-refractivity contribution in [1.82, 2.24) is 9.21 Å². The molecule has 2 aromatic rings. The van der Waals surface area contributed by atoms with Gasteiger partial charge in [-0.3, -0.25) is 4.79 Å². The number of benzene rings is 2. The van der Waals surface area contributed by atoms with Crippen molar-refractivity contribution in [2.24, 2.45) is 0 Å². The standard InChI is InChI=1S/C19H20Cl2N2O4S/c1-22(12-14-6-8-15(20)9-7-14)19(24)17-13-23(10-11-27-17)28(25,26)18-5-3-2-4-16(18)21/h2-9,17H,10-13H2,1H3. The van der Waals surface area contributed by atoms with Crippen LogP contribution in [-0.4, -0.2) is 56.4 Å². The van der Waals surface area contributed by atoms with Crippen LogP contribution in [0.4, 0.5) is 0 Å². The third-order valence-corrected chi connectivity index (χ3v) is 7.09. The van der Waals surface area contributed by atoms with E-state index in [0.29, 0.717) is 11.6 Å². The van der Waals surface area contributed by atoms with Crippen molar-refractivity contribution in [2.45, 2.75) is 17.5 Å². The fraction of sp³-hybridized carbons (Fsp3) is 0.316. The third-order valence-electron chi connectivity index (χ3n) is 4.47. The summed E-state index contributed by atoms with van der Waals surface area (Å²) in [5.74, 6) is -0.283. The van der Waals surface area contributed by atoms with Crippen LogP contribution in [-0.2, 0) is 26.1 Å². The van der Waals surface area contributed by atoms with E-state index in [9.17, 15) is 13.2 Å². The van der Waals surface area contributed by atoms with Gasteiger partial charge in [0.2, 0.25) is 10.0 Å². The number of morpholine rings is 1. The largest absolute Gasteiger partial charge is 0.366 e. The number of rotatable bonds is 5. The van der Waals surface area contributed by atoms with Crippen molar-refractivity contribution in [3.8, 4) is 0 Å². The lowest BCUT2D eigenvalue weighted by molar-refractivity contribution is -0.146. The predicted molar refractivity (Wildman–Crippen MR) is 108 cm³/mol. The maximum Gasteiger partial charge on any atom is 0.253 e. The maximum absolute atomic E-state index is 12.9. The van der Waals surface area contributed by atoms with E-state index in [-0.39, 0.29) is 35.5 Å². The number of nitrogens with zero attached hydrogens (tertiary/aromatic N) is 2. The molecule has 150 valence electrons. The number of hydrogen-bond acceptors (Lipinski definition) is 4. The lowest BCUT2D eigenvalue weighted by Gasteiger charge is -2.33. The van der Waals surface area contributed by atoms with Crippen LogP contribution in [0.25, 0.3) is 0 Å². The molecule has 0 saturated carbocycles. The summed E-state index contributed by atoms with van der Waals surface area (Å²) in [4.78, 5) is 14.3. The number of carbonyl (C=O) groups excluding carboxylic acids is 1. The number of sulfonamides is 1. The molecule has 1 fully saturated rings. The average Bonchev–Trinajstić information content (AvgIpc) is 2.69. The van der Waals surface area contributed by atoms with Gasteiger partial charge in [0.05, 0.1) is 11.6 Å². The Morgan fingerprint density at radius 3 is 2.54 bits per heavy atom. The van der Waals surface area contributed by atoms with Crippen molar-refractivity contribution in [3.63, 3.8) is 0 Å². The van der Waals surface area contributed by atoms with Gasteiger partial charge < -0.3 is 9.64 Å². The summed E-state index contributed by atoms with van der Waals surface area (Å²) in [5, 5.41) is 0.769. The number of likely N-dealkylation sites (N-methyl/N-ethyl adjacent to an activating group) is 1. The van der Waals surface area contributed by atoms with Gasteiger partial charge in [-0.05, 0) is 29.8 Å². The molecule has 0 bridgehead atoms. The van der Waals surface area contributed by atoms with Gasteiger partial charge >= 0.3 is 0 Å². The lowest BCUT2D eigenvalue weighted by atomic mass is 10.2. The first kappa shape index (κ1) is 21.1. The molecular formula is C19H20Cl2N2O4S. The Hall–Kier alpha value is -1.64. The number of carbonyl (C=O) groups is 1. The predicted octanol–water partition coefficient (Wildman–Crippen LogP) is 3.04. The summed E-state index contributed by atoms with van der Waals surface area (Å²) < 4.78 is 32.6. The Labute approximate surface area is 174 Å². The molecule has 3 rings (SSSR count). The van der Waals surface area contributed by atoms with Gasteiger partial charge in [0, 0.05) is 31.7 Å². The van der Waals surface area contributed by atoms with Crippen molar-refractivity contribution in [2.75, 3.05) is 26.7 Å². The van der Waals surface area contributed by atoms with Crippen molar-refractivity contribution in [3.05, 3.63) is 64.1 Å². The van der Waals surface area contributed by atoms with Crippen LogP contribution < -0.4 is 0 Å². The van der Waals surface area contributed by atoms with Gasteiger partial charge in [0.25, 0.3) is 5.91 Å². The third kappa shape index (κ3) is 4.67. The smallest absolute Gasteiger partial charge is 0.253 e. The second-order valence-corrected chi connectivity index (χ2v) is 9.22. The Kier molecular flexibility index (Phi) is 6.62. The minimum Gasteiger partial charge on any atom is -0.366 e. The van der Waals surface area contributed by atoms with Crippen LogP contribution in [0.2, 0.25) is 10.0 Å². The van der Waals surface area contributed by atoms with Gasteiger partial charge in [-0.25, -0.2) is 8.42 Å². The fourth-order valence-corrected chi connectivity index (χ4v) is 5.02. The SMILES string of the molecule is CN(Cc1ccc(Cl)cc1)C(=O)C1CN(S(=O)(=O)c2ccccc2Cl)CCO1. The second-order valence-electron chi connectivity index (χ2n) is 6.47. The zero-order valence-electron chi connectivity index (χ0n) is 15.2. The zero-order valence-corrected chi connectivity index (χ0v) is 17.5. The average molecular weight is 443 g/mol. The number of ether oxygens (including phenoxy) is 1. The first-order valence-corrected chi connectivity index (χ1v) is 10.8. The van der Waals surface area contributed by atoms with Gasteiger partial charge in [-0.1, -0.05) is 47.5 Å². The molecule has 6 nitrogen and oxygen atoms in total. The summed E-state index contributed by atoms with van der Waals surface area (Å²) >= 11 is 11.9. The van der Waals surface area contributed by atoms with Crippen LogP contribution in [0.15, 0.2) is 53.4 Å². The number of hydrogen-bond donors (Lipinski definition) is 0. The Bertz CT molecular complexity index is 951. The maximum atomic E-state index is 12.9. The van der Waals surface area contributed by atoms with Crippen LogP contribution in [0.5, 0.6) is 0 Å².